The van der Waals surface area contributed by atoms with Crippen molar-refractivity contribution in [3.63, 3.8) is 0 Å². The average molecular weight is 462 g/mol. The van der Waals surface area contributed by atoms with Crippen molar-refractivity contribution in [2.45, 2.75) is 31.3 Å². The summed E-state index contributed by atoms with van der Waals surface area (Å²) in [5.74, 6) is 1.11. The van der Waals surface area contributed by atoms with Crippen molar-refractivity contribution in [3.05, 3.63) is 24.2 Å². The molecule has 1 aliphatic carbocycles. The van der Waals surface area contributed by atoms with Gasteiger partial charge in [-0.3, -0.25) is 9.79 Å². The van der Waals surface area contributed by atoms with Crippen molar-refractivity contribution in [2.75, 3.05) is 39.8 Å². The van der Waals surface area contributed by atoms with Crippen molar-refractivity contribution in [3.8, 4) is 0 Å². The number of nitrogens with zero attached hydrogens (tertiary/aromatic N) is 3. The molecule has 1 amide bonds. The molecule has 0 radical (unpaired) electrons. The van der Waals surface area contributed by atoms with Gasteiger partial charge in [0.1, 0.15) is 0 Å². The van der Waals surface area contributed by atoms with E-state index in [4.69, 9.17) is 4.42 Å². The Labute approximate surface area is 165 Å². The van der Waals surface area contributed by atoms with Gasteiger partial charge in [-0.15, -0.1) is 24.0 Å². The van der Waals surface area contributed by atoms with E-state index >= 15 is 0 Å². The molecule has 1 aromatic rings. The number of carbonyl (C=O) groups is 1. The Morgan fingerprint density at radius 1 is 1.28 bits per heavy atom. The Kier molecular flexibility index (Phi) is 7.12. The van der Waals surface area contributed by atoms with Crippen LogP contribution in [0.3, 0.4) is 0 Å². The summed E-state index contributed by atoms with van der Waals surface area (Å²) in [5, 5.41) is 13.8. The summed E-state index contributed by atoms with van der Waals surface area (Å²) >= 11 is 0. The fourth-order valence-corrected chi connectivity index (χ4v) is 3.46. The first-order chi connectivity index (χ1) is 11.6. The summed E-state index contributed by atoms with van der Waals surface area (Å²) in [5.41, 5.74) is -0.604. The fraction of sp³-hybridized carbons (Fsp3) is 0.647. The van der Waals surface area contributed by atoms with Crippen LogP contribution >= 0.6 is 24.0 Å². The van der Waals surface area contributed by atoms with Gasteiger partial charge in [0, 0.05) is 39.8 Å². The predicted molar refractivity (Wildman–Crippen MR) is 106 cm³/mol. The minimum absolute atomic E-state index is 0. The number of nitrogens with one attached hydrogen (secondary N) is 1. The van der Waals surface area contributed by atoms with E-state index in [9.17, 15) is 9.90 Å². The number of hydrogen-bond donors (Lipinski definition) is 2. The summed E-state index contributed by atoms with van der Waals surface area (Å²) < 4.78 is 5.18. The highest BCUT2D eigenvalue weighted by Gasteiger charge is 2.32. The van der Waals surface area contributed by atoms with Crippen LogP contribution in [0.1, 0.15) is 36.2 Å². The molecule has 0 unspecified atom stereocenters. The standard InChI is InChI=1S/C17H26N4O3.HI/c1-18-16(19-13-17(23)6-2-3-7-17)21-10-8-20(9-11-21)15(22)14-5-4-12-24-14;/h4-5,12,23H,2-3,6-11,13H2,1H3,(H,18,19);1H. The minimum atomic E-state index is -0.604. The van der Waals surface area contributed by atoms with E-state index in [1.165, 1.54) is 6.26 Å². The maximum Gasteiger partial charge on any atom is 0.289 e. The lowest BCUT2D eigenvalue weighted by atomic mass is 10.0. The lowest BCUT2D eigenvalue weighted by molar-refractivity contribution is 0.0509. The first-order valence-corrected chi connectivity index (χ1v) is 8.62. The van der Waals surface area contributed by atoms with E-state index < -0.39 is 5.60 Å². The summed E-state index contributed by atoms with van der Waals surface area (Å²) in [6.07, 6.45) is 5.39. The van der Waals surface area contributed by atoms with Crippen molar-refractivity contribution < 1.29 is 14.3 Å². The van der Waals surface area contributed by atoms with Crippen LogP contribution in [0, 0.1) is 0 Å². The third-order valence-corrected chi connectivity index (χ3v) is 4.92. The molecule has 1 aromatic heterocycles. The number of aliphatic imine (C=N–C) groups is 1. The minimum Gasteiger partial charge on any atom is -0.459 e. The zero-order chi connectivity index (χ0) is 17.0. The van der Waals surface area contributed by atoms with Crippen LogP contribution in [0.5, 0.6) is 0 Å². The maximum atomic E-state index is 12.3. The van der Waals surface area contributed by atoms with Gasteiger partial charge in [-0.25, -0.2) is 0 Å². The number of guanidine groups is 1. The molecule has 7 nitrogen and oxygen atoms in total. The highest BCUT2D eigenvalue weighted by atomic mass is 127. The molecule has 0 spiro atoms. The van der Waals surface area contributed by atoms with Crippen LogP contribution in [-0.2, 0) is 0 Å². The summed E-state index contributed by atoms with van der Waals surface area (Å²) in [7, 11) is 1.75. The molecule has 140 valence electrons. The number of furan rings is 1. The Morgan fingerprint density at radius 2 is 1.92 bits per heavy atom. The smallest absolute Gasteiger partial charge is 0.289 e. The van der Waals surface area contributed by atoms with E-state index in [2.05, 4.69) is 15.2 Å². The normalized spacial score (nSPS) is 20.3. The summed E-state index contributed by atoms with van der Waals surface area (Å²) in [4.78, 5) is 20.5. The third kappa shape index (κ3) is 4.87. The zero-order valence-electron chi connectivity index (χ0n) is 14.6. The molecule has 3 rings (SSSR count). The molecule has 2 N–H and O–H groups in total. The van der Waals surface area contributed by atoms with E-state index in [1.54, 1.807) is 24.1 Å². The van der Waals surface area contributed by atoms with Gasteiger partial charge in [-0.1, -0.05) is 12.8 Å². The lowest BCUT2D eigenvalue weighted by Gasteiger charge is -2.37. The Hall–Kier alpha value is -1.29. The highest BCUT2D eigenvalue weighted by Crippen LogP contribution is 2.28. The summed E-state index contributed by atoms with van der Waals surface area (Å²) in [6, 6.07) is 3.42. The Bertz CT molecular complexity index is 577. The SMILES string of the molecule is CN=C(NCC1(O)CCCC1)N1CCN(C(=O)c2ccco2)CC1.I. The van der Waals surface area contributed by atoms with Gasteiger partial charge in [-0.2, -0.15) is 0 Å². The van der Waals surface area contributed by atoms with Crippen LogP contribution < -0.4 is 5.32 Å². The van der Waals surface area contributed by atoms with Gasteiger partial charge in [0.15, 0.2) is 11.7 Å². The van der Waals surface area contributed by atoms with Crippen molar-refractivity contribution >= 4 is 35.8 Å². The van der Waals surface area contributed by atoms with Crippen LogP contribution in [0.2, 0.25) is 0 Å². The van der Waals surface area contributed by atoms with Crippen LogP contribution in [0.4, 0.5) is 0 Å². The number of hydrogen-bond acceptors (Lipinski definition) is 4. The molecule has 25 heavy (non-hydrogen) atoms. The van der Waals surface area contributed by atoms with Gasteiger partial charge in [-0.05, 0) is 25.0 Å². The van der Waals surface area contributed by atoms with Crippen molar-refractivity contribution in [1.82, 2.24) is 15.1 Å². The molecule has 1 saturated heterocycles. The predicted octanol–water partition coefficient (Wildman–Crippen LogP) is 1.54. The topological polar surface area (TPSA) is 81.3 Å². The summed E-state index contributed by atoms with van der Waals surface area (Å²) in [6.45, 7) is 3.22. The highest BCUT2D eigenvalue weighted by molar-refractivity contribution is 14.0. The number of rotatable bonds is 3. The van der Waals surface area contributed by atoms with Gasteiger partial charge < -0.3 is 24.6 Å². The van der Waals surface area contributed by atoms with E-state index in [0.717, 1.165) is 31.6 Å². The number of halogens is 1. The van der Waals surface area contributed by atoms with Gasteiger partial charge >= 0.3 is 0 Å². The molecule has 2 heterocycles. The monoisotopic (exact) mass is 462 g/mol. The molecule has 0 aromatic carbocycles. The number of piperazine rings is 1. The molecule has 2 aliphatic rings. The number of carbonyl (C=O) groups excluding carboxylic acids is 1. The second-order valence-electron chi connectivity index (χ2n) is 6.59. The van der Waals surface area contributed by atoms with Crippen LogP contribution in [-0.4, -0.2) is 72.1 Å². The zero-order valence-corrected chi connectivity index (χ0v) is 16.9. The largest absolute Gasteiger partial charge is 0.459 e. The van der Waals surface area contributed by atoms with Crippen molar-refractivity contribution in [2.24, 2.45) is 4.99 Å². The molecular weight excluding hydrogens is 435 g/mol. The molecule has 0 atom stereocenters. The van der Waals surface area contributed by atoms with Gasteiger partial charge in [0.05, 0.1) is 11.9 Å². The first-order valence-electron chi connectivity index (χ1n) is 8.62. The van der Waals surface area contributed by atoms with Gasteiger partial charge in [0.2, 0.25) is 0 Å². The quantitative estimate of drug-likeness (QED) is 0.405. The fourth-order valence-electron chi connectivity index (χ4n) is 3.46. The number of amides is 1. The maximum absolute atomic E-state index is 12.3. The van der Waals surface area contributed by atoms with Crippen LogP contribution in [0.15, 0.2) is 27.8 Å². The van der Waals surface area contributed by atoms with E-state index in [1.807, 2.05) is 0 Å². The molecule has 1 saturated carbocycles. The van der Waals surface area contributed by atoms with E-state index in [-0.39, 0.29) is 29.9 Å². The van der Waals surface area contributed by atoms with Crippen LogP contribution in [0.25, 0.3) is 0 Å². The number of aliphatic hydroxyl groups is 1. The molecule has 0 bridgehead atoms. The van der Waals surface area contributed by atoms with Gasteiger partial charge in [0.25, 0.3) is 5.91 Å². The van der Waals surface area contributed by atoms with Crippen molar-refractivity contribution in [1.29, 1.82) is 0 Å². The second-order valence-corrected chi connectivity index (χ2v) is 6.59. The third-order valence-electron chi connectivity index (χ3n) is 4.92. The molecule has 1 aliphatic heterocycles. The molecule has 8 heteroatoms. The average Bonchev–Trinajstić information content (AvgIpc) is 3.27. The first kappa shape index (κ1) is 20.0. The lowest BCUT2D eigenvalue weighted by Crippen LogP contribution is -2.55. The molecular formula is C17H27IN4O3. The Morgan fingerprint density at radius 3 is 2.48 bits per heavy atom. The van der Waals surface area contributed by atoms with E-state index in [0.29, 0.717) is 38.5 Å². The Balaban J connectivity index is 0.00000225. The second kappa shape index (κ2) is 8.88. The molecule has 2 fully saturated rings.